The van der Waals surface area contributed by atoms with Crippen molar-refractivity contribution in [2.75, 3.05) is 4.90 Å². The topological polar surface area (TPSA) is 75.8 Å². The number of amidine groups is 1. The number of rotatable bonds is 4. The van der Waals surface area contributed by atoms with Crippen molar-refractivity contribution in [3.8, 4) is 0 Å². The van der Waals surface area contributed by atoms with Crippen molar-refractivity contribution in [1.29, 1.82) is 0 Å². The number of carbonyl (C=O) groups excluding carboxylic acids is 1. The van der Waals surface area contributed by atoms with Crippen molar-refractivity contribution in [2.24, 2.45) is 4.99 Å². The smallest absolute Gasteiger partial charge is 0.266 e. The molecule has 1 aliphatic rings. The molecule has 3 aromatic carbocycles. The summed E-state index contributed by atoms with van der Waals surface area (Å²) in [4.78, 5) is 29.8. The van der Waals surface area contributed by atoms with Gasteiger partial charge < -0.3 is 0 Å². The van der Waals surface area contributed by atoms with Gasteiger partial charge in [-0.05, 0) is 23.8 Å². The predicted octanol–water partition coefficient (Wildman–Crippen LogP) is 4.43. The minimum Gasteiger partial charge on any atom is -0.266 e. The van der Waals surface area contributed by atoms with E-state index in [4.69, 9.17) is 0 Å². The van der Waals surface area contributed by atoms with E-state index in [1.54, 1.807) is 23.1 Å². The number of aliphatic imine (C=N–C) groups is 1. The molecule has 0 aromatic heterocycles. The first-order chi connectivity index (χ1) is 13.6. The second-order valence-electron chi connectivity index (χ2n) is 6.16. The van der Waals surface area contributed by atoms with Crippen LogP contribution in [0.2, 0.25) is 0 Å². The highest BCUT2D eigenvalue weighted by Gasteiger charge is 2.32. The molecule has 4 rings (SSSR count). The predicted molar refractivity (Wildman–Crippen MR) is 108 cm³/mol. The molecular formula is C22H15N3O3. The van der Waals surface area contributed by atoms with Crippen molar-refractivity contribution < 1.29 is 9.72 Å². The molecule has 0 fully saturated rings. The molecule has 1 aliphatic heterocycles. The van der Waals surface area contributed by atoms with Crippen LogP contribution in [0, 0.1) is 10.1 Å². The number of carbonyl (C=O) groups is 1. The van der Waals surface area contributed by atoms with Crippen LogP contribution < -0.4 is 4.90 Å². The molecule has 0 bridgehead atoms. The number of para-hydroxylation sites is 1. The molecule has 0 unspecified atom stereocenters. The number of hydrogen-bond donors (Lipinski definition) is 0. The maximum Gasteiger partial charge on any atom is 0.282 e. The van der Waals surface area contributed by atoms with E-state index >= 15 is 0 Å². The summed E-state index contributed by atoms with van der Waals surface area (Å²) in [6.07, 6.45) is 1.57. The van der Waals surface area contributed by atoms with E-state index in [0.717, 1.165) is 5.56 Å². The minimum atomic E-state index is -0.465. The average Bonchev–Trinajstić information content (AvgIpc) is 3.05. The SMILES string of the molecule is O=C1C(=Cc2cccc([N+](=O)[O-])c2)N=C(c2ccccc2)N1c1ccccc1. The molecular weight excluding hydrogens is 354 g/mol. The Morgan fingerprint density at radius 3 is 2.25 bits per heavy atom. The molecule has 6 heteroatoms. The van der Waals surface area contributed by atoms with Crippen molar-refractivity contribution in [1.82, 2.24) is 0 Å². The molecule has 0 aliphatic carbocycles. The lowest BCUT2D eigenvalue weighted by atomic mass is 10.1. The number of nitrogens with zero attached hydrogens (tertiary/aromatic N) is 3. The molecule has 1 amide bonds. The zero-order chi connectivity index (χ0) is 19.5. The Morgan fingerprint density at radius 2 is 1.57 bits per heavy atom. The Balaban J connectivity index is 1.81. The van der Waals surface area contributed by atoms with Gasteiger partial charge in [0.25, 0.3) is 11.6 Å². The van der Waals surface area contributed by atoms with Crippen LogP contribution in [-0.4, -0.2) is 16.7 Å². The number of amides is 1. The molecule has 28 heavy (non-hydrogen) atoms. The zero-order valence-corrected chi connectivity index (χ0v) is 14.7. The summed E-state index contributed by atoms with van der Waals surface area (Å²) < 4.78 is 0. The van der Waals surface area contributed by atoms with Gasteiger partial charge >= 0.3 is 0 Å². The molecule has 0 saturated carbocycles. The number of non-ortho nitro benzene ring substituents is 1. The van der Waals surface area contributed by atoms with Gasteiger partial charge in [0.1, 0.15) is 11.5 Å². The molecule has 1 heterocycles. The third kappa shape index (κ3) is 3.31. The van der Waals surface area contributed by atoms with Crippen LogP contribution in [0.1, 0.15) is 11.1 Å². The van der Waals surface area contributed by atoms with Crippen LogP contribution in [0.15, 0.2) is 95.6 Å². The second-order valence-corrected chi connectivity index (χ2v) is 6.16. The van der Waals surface area contributed by atoms with E-state index in [1.165, 1.54) is 12.1 Å². The summed E-state index contributed by atoms with van der Waals surface area (Å²) in [5, 5.41) is 11.0. The highest BCUT2D eigenvalue weighted by Crippen LogP contribution is 2.28. The van der Waals surface area contributed by atoms with Gasteiger partial charge in [0, 0.05) is 17.7 Å². The Morgan fingerprint density at radius 1 is 0.893 bits per heavy atom. The van der Waals surface area contributed by atoms with Crippen LogP contribution >= 0.6 is 0 Å². The highest BCUT2D eigenvalue weighted by atomic mass is 16.6. The summed E-state index contributed by atoms with van der Waals surface area (Å²) in [7, 11) is 0. The summed E-state index contributed by atoms with van der Waals surface area (Å²) in [6.45, 7) is 0. The zero-order valence-electron chi connectivity index (χ0n) is 14.7. The third-order valence-electron chi connectivity index (χ3n) is 4.29. The normalized spacial score (nSPS) is 15.0. The van der Waals surface area contributed by atoms with Gasteiger partial charge in [-0.3, -0.25) is 19.8 Å². The number of hydrogen-bond acceptors (Lipinski definition) is 4. The van der Waals surface area contributed by atoms with Crippen LogP contribution in [0.25, 0.3) is 6.08 Å². The largest absolute Gasteiger partial charge is 0.282 e. The lowest BCUT2D eigenvalue weighted by Gasteiger charge is -2.18. The average molecular weight is 369 g/mol. The maximum atomic E-state index is 13.1. The van der Waals surface area contributed by atoms with E-state index in [0.29, 0.717) is 17.1 Å². The first-order valence-electron chi connectivity index (χ1n) is 8.63. The van der Waals surface area contributed by atoms with Gasteiger partial charge in [0.05, 0.1) is 10.6 Å². The standard InChI is InChI=1S/C22H15N3O3/c26-22-20(15-16-8-7-13-19(14-16)25(27)28)23-21(17-9-3-1-4-10-17)24(22)18-11-5-2-6-12-18/h1-15H. The summed E-state index contributed by atoms with van der Waals surface area (Å²) in [5.74, 6) is 0.241. The fourth-order valence-electron chi connectivity index (χ4n) is 3.00. The lowest BCUT2D eigenvalue weighted by molar-refractivity contribution is -0.384. The minimum absolute atomic E-state index is 0.0352. The molecule has 0 spiro atoms. The van der Waals surface area contributed by atoms with Gasteiger partial charge in [-0.15, -0.1) is 0 Å². The van der Waals surface area contributed by atoms with Crippen molar-refractivity contribution in [3.05, 3.63) is 112 Å². The monoisotopic (exact) mass is 369 g/mol. The van der Waals surface area contributed by atoms with Crippen LogP contribution in [0.5, 0.6) is 0 Å². The molecule has 0 atom stereocenters. The molecule has 0 radical (unpaired) electrons. The number of nitro benzene ring substituents is 1. The summed E-state index contributed by atoms with van der Waals surface area (Å²) in [5.41, 5.74) is 2.25. The van der Waals surface area contributed by atoms with E-state index in [9.17, 15) is 14.9 Å². The Bertz CT molecular complexity index is 1110. The first kappa shape index (κ1) is 17.4. The van der Waals surface area contributed by atoms with Crippen LogP contribution in [-0.2, 0) is 4.79 Å². The van der Waals surface area contributed by atoms with E-state index in [1.807, 2.05) is 60.7 Å². The van der Waals surface area contributed by atoms with Crippen molar-refractivity contribution >= 4 is 29.2 Å². The number of nitro groups is 1. The van der Waals surface area contributed by atoms with Crippen LogP contribution in [0.4, 0.5) is 11.4 Å². The van der Waals surface area contributed by atoms with Gasteiger partial charge in [-0.2, -0.15) is 0 Å². The van der Waals surface area contributed by atoms with Gasteiger partial charge in [0.2, 0.25) is 0 Å². The fraction of sp³-hybridized carbons (Fsp3) is 0. The maximum absolute atomic E-state index is 13.1. The lowest BCUT2D eigenvalue weighted by Crippen LogP contribution is -2.32. The Labute approximate surface area is 161 Å². The van der Waals surface area contributed by atoms with E-state index in [2.05, 4.69) is 4.99 Å². The van der Waals surface area contributed by atoms with Gasteiger partial charge in [-0.1, -0.05) is 60.7 Å². The summed E-state index contributed by atoms with van der Waals surface area (Å²) in [6, 6.07) is 24.8. The quantitative estimate of drug-likeness (QED) is 0.388. The van der Waals surface area contributed by atoms with Crippen molar-refractivity contribution in [2.45, 2.75) is 0 Å². The first-order valence-corrected chi connectivity index (χ1v) is 8.63. The molecule has 3 aromatic rings. The molecule has 136 valence electrons. The highest BCUT2D eigenvalue weighted by molar-refractivity contribution is 6.33. The van der Waals surface area contributed by atoms with Crippen LogP contribution in [0.3, 0.4) is 0 Å². The molecule has 0 N–H and O–H groups in total. The Kier molecular flexibility index (Phi) is 4.51. The van der Waals surface area contributed by atoms with Gasteiger partial charge in [-0.25, -0.2) is 4.99 Å². The Hall–Kier alpha value is -4.06. The number of benzene rings is 3. The fourth-order valence-corrected chi connectivity index (χ4v) is 3.00. The molecule has 0 saturated heterocycles. The number of anilines is 1. The molecule has 6 nitrogen and oxygen atoms in total. The van der Waals surface area contributed by atoms with E-state index in [-0.39, 0.29) is 17.3 Å². The summed E-state index contributed by atoms with van der Waals surface area (Å²) >= 11 is 0. The third-order valence-corrected chi connectivity index (χ3v) is 4.29. The second kappa shape index (κ2) is 7.28. The van der Waals surface area contributed by atoms with E-state index < -0.39 is 4.92 Å². The van der Waals surface area contributed by atoms with Crippen molar-refractivity contribution in [3.63, 3.8) is 0 Å². The van der Waals surface area contributed by atoms with Gasteiger partial charge in [0.15, 0.2) is 0 Å².